The van der Waals surface area contributed by atoms with Crippen molar-refractivity contribution in [3.05, 3.63) is 23.9 Å². The highest BCUT2D eigenvalue weighted by atomic mass is 16.5. The molecule has 2 aliphatic rings. The summed E-state index contributed by atoms with van der Waals surface area (Å²) in [7, 11) is 1.79. The number of carbonyl (C=O) groups is 1. The van der Waals surface area contributed by atoms with Crippen LogP contribution < -0.4 is 15.8 Å². The molecule has 0 radical (unpaired) electrons. The number of piperidine rings is 1. The maximum absolute atomic E-state index is 11.2. The van der Waals surface area contributed by atoms with E-state index < -0.39 is 0 Å². The van der Waals surface area contributed by atoms with Gasteiger partial charge in [0.2, 0.25) is 11.8 Å². The van der Waals surface area contributed by atoms with Crippen molar-refractivity contribution in [2.24, 2.45) is 16.6 Å². The molecule has 0 bridgehead atoms. The van der Waals surface area contributed by atoms with Gasteiger partial charge in [-0.2, -0.15) is 0 Å². The Kier molecular flexibility index (Phi) is 6.90. The van der Waals surface area contributed by atoms with E-state index >= 15 is 0 Å². The van der Waals surface area contributed by atoms with E-state index in [0.717, 1.165) is 50.3 Å². The van der Waals surface area contributed by atoms with Gasteiger partial charge >= 0.3 is 0 Å². The van der Waals surface area contributed by atoms with Crippen molar-refractivity contribution in [1.82, 2.24) is 15.2 Å². The molecule has 0 aromatic carbocycles. The van der Waals surface area contributed by atoms with Crippen LogP contribution in [0.3, 0.4) is 0 Å². The van der Waals surface area contributed by atoms with Crippen LogP contribution >= 0.6 is 0 Å². The smallest absolute Gasteiger partial charge is 0.217 e. The van der Waals surface area contributed by atoms with Gasteiger partial charge in [0.25, 0.3) is 0 Å². The Balaban J connectivity index is 1.49. The maximum atomic E-state index is 11.2. The molecule has 1 amide bonds. The molecule has 0 spiro atoms. The number of hydrogen-bond donors (Lipinski definition) is 2. The van der Waals surface area contributed by atoms with Gasteiger partial charge in [0, 0.05) is 45.4 Å². The molecule has 7 nitrogen and oxygen atoms in total. The average Bonchev–Trinajstić information content (AvgIpc) is 3.16. The van der Waals surface area contributed by atoms with Crippen molar-refractivity contribution in [3.8, 4) is 5.88 Å². The number of rotatable bonds is 6. The quantitative estimate of drug-likeness (QED) is 0.588. The third-order valence-electron chi connectivity index (χ3n) is 5.36. The third kappa shape index (κ3) is 5.84. The number of carbonyl (C=O) groups excluding carboxylic acids is 1. The molecule has 1 saturated heterocycles. The van der Waals surface area contributed by atoms with E-state index in [1.807, 2.05) is 18.3 Å². The van der Waals surface area contributed by atoms with Crippen LogP contribution in [0.5, 0.6) is 5.88 Å². The van der Waals surface area contributed by atoms with E-state index in [4.69, 9.17) is 10.5 Å². The molecular formula is C20H31N5O2. The first kappa shape index (κ1) is 19.5. The minimum absolute atomic E-state index is 0.226. The number of aromatic nitrogens is 1. The summed E-state index contributed by atoms with van der Waals surface area (Å²) in [4.78, 5) is 22.2. The highest BCUT2D eigenvalue weighted by Crippen LogP contribution is 2.23. The second-order valence-electron chi connectivity index (χ2n) is 7.55. The summed E-state index contributed by atoms with van der Waals surface area (Å²) in [5, 5.41) is 3.40. The molecular weight excluding hydrogens is 342 g/mol. The average molecular weight is 374 g/mol. The molecule has 1 aliphatic carbocycles. The lowest BCUT2D eigenvalue weighted by Crippen LogP contribution is -2.46. The zero-order chi connectivity index (χ0) is 19.1. The molecule has 1 atom stereocenters. The Morgan fingerprint density at radius 3 is 2.81 bits per heavy atom. The highest BCUT2D eigenvalue weighted by Gasteiger charge is 2.23. The third-order valence-corrected chi connectivity index (χ3v) is 5.36. The number of guanidine groups is 1. The van der Waals surface area contributed by atoms with Crippen molar-refractivity contribution in [1.29, 1.82) is 0 Å². The molecule has 1 aromatic rings. The molecule has 3 rings (SSSR count). The van der Waals surface area contributed by atoms with Gasteiger partial charge in [0.1, 0.15) is 6.10 Å². The molecule has 1 unspecified atom stereocenters. The predicted octanol–water partition coefficient (Wildman–Crippen LogP) is 2.07. The largest absolute Gasteiger partial charge is 0.474 e. The number of nitrogens with zero attached hydrogens (tertiary/aromatic N) is 3. The summed E-state index contributed by atoms with van der Waals surface area (Å²) in [5.74, 6) is 1.65. The molecule has 3 N–H and O–H groups in total. The van der Waals surface area contributed by atoms with Gasteiger partial charge in [-0.15, -0.1) is 0 Å². The van der Waals surface area contributed by atoms with Crippen LogP contribution in [-0.2, 0) is 11.3 Å². The summed E-state index contributed by atoms with van der Waals surface area (Å²) in [6.45, 7) is 2.41. The van der Waals surface area contributed by atoms with Crippen molar-refractivity contribution in [2.75, 3.05) is 20.1 Å². The Morgan fingerprint density at radius 1 is 1.33 bits per heavy atom. The van der Waals surface area contributed by atoms with E-state index in [9.17, 15) is 4.79 Å². The maximum Gasteiger partial charge on any atom is 0.217 e. The van der Waals surface area contributed by atoms with E-state index in [1.54, 1.807) is 7.05 Å². The van der Waals surface area contributed by atoms with E-state index in [2.05, 4.69) is 20.2 Å². The standard InChI is InChI=1S/C20H31N5O2/c1-22-20(25-10-4-5-15(14-25)11-18(21)26)24-13-16-8-9-19(23-12-16)27-17-6-2-3-7-17/h8-9,12,15,17H,2-7,10-11,13-14H2,1H3,(H2,21,26)(H,22,24). The number of amides is 1. The SMILES string of the molecule is CN=C(NCc1ccc(OC2CCCC2)nc1)N1CCCC(CC(N)=O)C1. The summed E-state index contributed by atoms with van der Waals surface area (Å²) in [6.07, 6.45) is 9.49. The summed E-state index contributed by atoms with van der Waals surface area (Å²) in [5.41, 5.74) is 6.44. The van der Waals surface area contributed by atoms with E-state index in [0.29, 0.717) is 30.9 Å². The number of pyridine rings is 1. The van der Waals surface area contributed by atoms with Crippen LogP contribution in [0.4, 0.5) is 0 Å². The van der Waals surface area contributed by atoms with Gasteiger partial charge < -0.3 is 20.7 Å². The molecule has 1 aromatic heterocycles. The fraction of sp³-hybridized carbons (Fsp3) is 0.650. The molecule has 2 heterocycles. The zero-order valence-corrected chi connectivity index (χ0v) is 16.2. The van der Waals surface area contributed by atoms with Crippen LogP contribution in [0.25, 0.3) is 0 Å². The fourth-order valence-corrected chi connectivity index (χ4v) is 3.98. The summed E-state index contributed by atoms with van der Waals surface area (Å²) in [6, 6.07) is 3.99. The number of likely N-dealkylation sites (tertiary alicyclic amines) is 1. The van der Waals surface area contributed by atoms with Gasteiger partial charge in [-0.3, -0.25) is 9.79 Å². The van der Waals surface area contributed by atoms with Crippen molar-refractivity contribution in [2.45, 2.75) is 57.6 Å². The topological polar surface area (TPSA) is 92.8 Å². The van der Waals surface area contributed by atoms with Crippen molar-refractivity contribution >= 4 is 11.9 Å². The van der Waals surface area contributed by atoms with Crippen LogP contribution in [0.2, 0.25) is 0 Å². The molecule has 2 fully saturated rings. The van der Waals surface area contributed by atoms with E-state index in [-0.39, 0.29) is 5.91 Å². The lowest BCUT2D eigenvalue weighted by atomic mass is 9.95. The van der Waals surface area contributed by atoms with Gasteiger partial charge in [-0.25, -0.2) is 4.98 Å². The zero-order valence-electron chi connectivity index (χ0n) is 16.2. The summed E-state index contributed by atoms with van der Waals surface area (Å²) >= 11 is 0. The van der Waals surface area contributed by atoms with Gasteiger partial charge in [0.05, 0.1) is 0 Å². The number of primary amides is 1. The van der Waals surface area contributed by atoms with Gasteiger partial charge in [-0.1, -0.05) is 6.07 Å². The number of nitrogens with two attached hydrogens (primary N) is 1. The lowest BCUT2D eigenvalue weighted by Gasteiger charge is -2.34. The molecule has 1 aliphatic heterocycles. The Labute approximate surface area is 161 Å². The van der Waals surface area contributed by atoms with Crippen LogP contribution in [0, 0.1) is 5.92 Å². The number of nitrogens with one attached hydrogen (secondary N) is 1. The minimum atomic E-state index is -0.226. The van der Waals surface area contributed by atoms with Crippen molar-refractivity contribution < 1.29 is 9.53 Å². The minimum Gasteiger partial charge on any atom is -0.474 e. The molecule has 1 saturated carbocycles. The summed E-state index contributed by atoms with van der Waals surface area (Å²) < 4.78 is 5.91. The number of aliphatic imine (C=N–C) groups is 1. The van der Waals surface area contributed by atoms with Gasteiger partial charge in [0.15, 0.2) is 5.96 Å². The fourth-order valence-electron chi connectivity index (χ4n) is 3.98. The van der Waals surface area contributed by atoms with Crippen LogP contribution in [0.1, 0.15) is 50.5 Å². The van der Waals surface area contributed by atoms with Crippen molar-refractivity contribution in [3.63, 3.8) is 0 Å². The second-order valence-corrected chi connectivity index (χ2v) is 7.55. The lowest BCUT2D eigenvalue weighted by molar-refractivity contribution is -0.119. The Bertz CT molecular complexity index is 640. The first-order valence-corrected chi connectivity index (χ1v) is 9.99. The van der Waals surface area contributed by atoms with Gasteiger partial charge in [-0.05, 0) is 50.0 Å². The Hall–Kier alpha value is -2.31. The number of hydrogen-bond acceptors (Lipinski definition) is 4. The molecule has 27 heavy (non-hydrogen) atoms. The van der Waals surface area contributed by atoms with E-state index in [1.165, 1.54) is 12.8 Å². The monoisotopic (exact) mass is 373 g/mol. The molecule has 148 valence electrons. The first-order valence-electron chi connectivity index (χ1n) is 9.99. The highest BCUT2D eigenvalue weighted by molar-refractivity contribution is 5.80. The van der Waals surface area contributed by atoms with Crippen LogP contribution in [0.15, 0.2) is 23.3 Å². The van der Waals surface area contributed by atoms with Crippen LogP contribution in [-0.4, -0.2) is 48.0 Å². The molecule has 7 heteroatoms. The number of ether oxygens (including phenoxy) is 1. The second kappa shape index (κ2) is 9.58. The first-order chi connectivity index (χ1) is 13.1. The normalized spacial score (nSPS) is 21.3. The Morgan fingerprint density at radius 2 is 2.15 bits per heavy atom. The predicted molar refractivity (Wildman–Crippen MR) is 105 cm³/mol.